The molecule has 7 nitrogen and oxygen atoms in total. The van der Waals surface area contributed by atoms with E-state index >= 15 is 0 Å². The van der Waals surface area contributed by atoms with Gasteiger partial charge in [-0.25, -0.2) is 0 Å². The number of rotatable bonds is 5. The molecule has 0 radical (unpaired) electrons. The quantitative estimate of drug-likeness (QED) is 0.596. The maximum atomic E-state index is 11.1. The smallest absolute Gasteiger partial charge is 0.233 e. The van der Waals surface area contributed by atoms with Crippen LogP contribution in [0.4, 0.5) is 0 Å². The van der Waals surface area contributed by atoms with Crippen molar-refractivity contribution < 1.29 is 23.9 Å². The molecule has 3 atom stereocenters. The SMILES string of the molecule is C[C@H]1CCC[C@@H](O[C@H](C[N+](=O)[O-])c2ccc3c(c2)COC(C)(C)O3)O1. The van der Waals surface area contributed by atoms with Gasteiger partial charge in [-0.2, -0.15) is 0 Å². The molecule has 2 aliphatic heterocycles. The maximum Gasteiger partial charge on any atom is 0.233 e. The van der Waals surface area contributed by atoms with Gasteiger partial charge >= 0.3 is 0 Å². The van der Waals surface area contributed by atoms with Gasteiger partial charge in [-0.15, -0.1) is 0 Å². The number of ether oxygens (including phenoxy) is 4. The molecule has 7 heteroatoms. The molecule has 2 aliphatic rings. The average Bonchev–Trinajstić information content (AvgIpc) is 2.52. The second-order valence-corrected chi connectivity index (χ2v) is 7.10. The van der Waals surface area contributed by atoms with E-state index in [1.54, 1.807) is 0 Å². The summed E-state index contributed by atoms with van der Waals surface area (Å²) in [5, 5.41) is 11.1. The van der Waals surface area contributed by atoms with E-state index in [0.717, 1.165) is 36.1 Å². The van der Waals surface area contributed by atoms with Crippen LogP contribution in [0.2, 0.25) is 0 Å². The summed E-state index contributed by atoms with van der Waals surface area (Å²) in [5.74, 6) is 0.0690. The van der Waals surface area contributed by atoms with Crippen molar-refractivity contribution in [2.45, 2.75) is 70.9 Å². The van der Waals surface area contributed by atoms with Crippen LogP contribution in [0, 0.1) is 10.1 Å². The topological polar surface area (TPSA) is 80.1 Å². The molecule has 0 unspecified atom stereocenters. The lowest BCUT2D eigenvalue weighted by Gasteiger charge is -2.33. The van der Waals surface area contributed by atoms with E-state index in [4.69, 9.17) is 18.9 Å². The second-order valence-electron chi connectivity index (χ2n) is 7.10. The van der Waals surface area contributed by atoms with E-state index in [-0.39, 0.29) is 17.6 Å². The van der Waals surface area contributed by atoms with Crippen LogP contribution in [-0.2, 0) is 20.8 Å². The predicted octanol–water partition coefficient (Wildman–Crippen LogP) is 3.58. The summed E-state index contributed by atoms with van der Waals surface area (Å²) >= 11 is 0. The van der Waals surface area contributed by atoms with Crippen molar-refractivity contribution in [3.8, 4) is 5.75 Å². The van der Waals surface area contributed by atoms with Gasteiger partial charge in [0, 0.05) is 24.3 Å². The van der Waals surface area contributed by atoms with E-state index < -0.39 is 18.2 Å². The third kappa shape index (κ3) is 4.68. The molecule has 1 aromatic rings. The van der Waals surface area contributed by atoms with Crippen LogP contribution in [0.15, 0.2) is 18.2 Å². The summed E-state index contributed by atoms with van der Waals surface area (Å²) in [4.78, 5) is 10.7. The molecule has 2 heterocycles. The first-order chi connectivity index (χ1) is 11.8. The minimum Gasteiger partial charge on any atom is -0.463 e. The van der Waals surface area contributed by atoms with Crippen molar-refractivity contribution in [3.05, 3.63) is 39.4 Å². The summed E-state index contributed by atoms with van der Waals surface area (Å²) in [6, 6.07) is 5.52. The highest BCUT2D eigenvalue weighted by Crippen LogP contribution is 2.34. The van der Waals surface area contributed by atoms with Gasteiger partial charge < -0.3 is 18.9 Å². The first-order valence-electron chi connectivity index (χ1n) is 8.71. The standard InChI is InChI=1S/C18H25NO6/c1-12-5-4-6-17(23-12)24-16(10-19(20)21)13-7-8-15-14(9-13)11-22-18(2,3)25-15/h7-9,12,16-17H,4-6,10-11H2,1-3H3/t12-,16+,17+/m0/s1. The van der Waals surface area contributed by atoms with Gasteiger partial charge in [0.1, 0.15) is 11.9 Å². The number of hydrogen-bond acceptors (Lipinski definition) is 6. The van der Waals surface area contributed by atoms with Gasteiger partial charge in [0.15, 0.2) is 6.29 Å². The number of hydrogen-bond donors (Lipinski definition) is 0. The number of nitro groups is 1. The molecule has 0 aromatic heterocycles. The lowest BCUT2D eigenvalue weighted by Crippen LogP contribution is -2.35. The summed E-state index contributed by atoms with van der Waals surface area (Å²) in [6.45, 7) is 5.79. The first-order valence-corrected chi connectivity index (χ1v) is 8.71. The second kappa shape index (κ2) is 7.27. The van der Waals surface area contributed by atoms with Crippen molar-refractivity contribution in [2.75, 3.05) is 6.54 Å². The molecule has 3 rings (SSSR count). The minimum absolute atomic E-state index is 0.113. The van der Waals surface area contributed by atoms with E-state index in [9.17, 15) is 10.1 Å². The molecule has 0 amide bonds. The molecular formula is C18H25NO6. The molecule has 0 bridgehead atoms. The molecule has 0 saturated carbocycles. The Balaban J connectivity index is 1.78. The molecular weight excluding hydrogens is 326 g/mol. The Morgan fingerprint density at radius 1 is 1.40 bits per heavy atom. The van der Waals surface area contributed by atoms with Crippen molar-refractivity contribution in [2.24, 2.45) is 0 Å². The lowest BCUT2D eigenvalue weighted by atomic mass is 10.0. The zero-order chi connectivity index (χ0) is 18.0. The van der Waals surface area contributed by atoms with Gasteiger partial charge in [-0.1, -0.05) is 6.07 Å². The Kier molecular flexibility index (Phi) is 5.27. The molecule has 1 saturated heterocycles. The third-order valence-corrected chi connectivity index (χ3v) is 4.45. The summed E-state index contributed by atoms with van der Waals surface area (Å²) < 4.78 is 23.1. The van der Waals surface area contributed by atoms with Crippen LogP contribution >= 0.6 is 0 Å². The summed E-state index contributed by atoms with van der Waals surface area (Å²) in [5.41, 5.74) is 1.61. The Hall–Kier alpha value is -1.70. The van der Waals surface area contributed by atoms with Crippen molar-refractivity contribution >= 4 is 0 Å². The third-order valence-electron chi connectivity index (χ3n) is 4.45. The number of benzene rings is 1. The Labute approximate surface area is 147 Å². The van der Waals surface area contributed by atoms with Gasteiger partial charge in [0.25, 0.3) is 0 Å². The molecule has 1 aromatic carbocycles. The molecule has 0 N–H and O–H groups in total. The van der Waals surface area contributed by atoms with Crippen molar-refractivity contribution in [1.82, 2.24) is 0 Å². The van der Waals surface area contributed by atoms with Crippen LogP contribution in [-0.4, -0.2) is 29.6 Å². The lowest BCUT2D eigenvalue weighted by molar-refractivity contribution is -0.496. The maximum absolute atomic E-state index is 11.1. The zero-order valence-corrected chi connectivity index (χ0v) is 14.9. The summed E-state index contributed by atoms with van der Waals surface area (Å²) in [7, 11) is 0. The minimum atomic E-state index is -0.669. The van der Waals surface area contributed by atoms with Crippen LogP contribution < -0.4 is 4.74 Å². The Morgan fingerprint density at radius 2 is 2.20 bits per heavy atom. The van der Waals surface area contributed by atoms with E-state index in [0.29, 0.717) is 6.61 Å². The van der Waals surface area contributed by atoms with Crippen LogP contribution in [0.25, 0.3) is 0 Å². The van der Waals surface area contributed by atoms with Gasteiger partial charge in [0.05, 0.1) is 12.7 Å². The molecule has 0 spiro atoms. The summed E-state index contributed by atoms with van der Waals surface area (Å²) in [6.07, 6.45) is 1.79. The zero-order valence-electron chi connectivity index (χ0n) is 14.9. The molecule has 1 fully saturated rings. The van der Waals surface area contributed by atoms with E-state index in [2.05, 4.69) is 0 Å². The number of nitrogens with zero attached hydrogens (tertiary/aromatic N) is 1. The fourth-order valence-corrected chi connectivity index (χ4v) is 3.17. The predicted molar refractivity (Wildman–Crippen MR) is 89.8 cm³/mol. The van der Waals surface area contributed by atoms with Crippen LogP contribution in [0.3, 0.4) is 0 Å². The average molecular weight is 351 g/mol. The van der Waals surface area contributed by atoms with Crippen LogP contribution in [0.1, 0.15) is 57.3 Å². The highest BCUT2D eigenvalue weighted by atomic mass is 16.7. The Bertz CT molecular complexity index is 632. The Morgan fingerprint density at radius 3 is 2.92 bits per heavy atom. The normalized spacial score (nSPS) is 26.4. The van der Waals surface area contributed by atoms with Crippen molar-refractivity contribution in [1.29, 1.82) is 0 Å². The fourth-order valence-electron chi connectivity index (χ4n) is 3.17. The largest absolute Gasteiger partial charge is 0.463 e. The van der Waals surface area contributed by atoms with Gasteiger partial charge in [-0.3, -0.25) is 10.1 Å². The molecule has 25 heavy (non-hydrogen) atoms. The number of fused-ring (bicyclic) bond motifs is 1. The molecule has 0 aliphatic carbocycles. The molecule has 138 valence electrons. The van der Waals surface area contributed by atoms with Gasteiger partial charge in [-0.05, 0) is 43.9 Å². The van der Waals surface area contributed by atoms with Crippen LogP contribution in [0.5, 0.6) is 5.75 Å². The monoisotopic (exact) mass is 351 g/mol. The fraction of sp³-hybridized carbons (Fsp3) is 0.667. The van der Waals surface area contributed by atoms with Crippen molar-refractivity contribution in [3.63, 3.8) is 0 Å². The van der Waals surface area contributed by atoms with E-state index in [1.807, 2.05) is 39.0 Å². The van der Waals surface area contributed by atoms with E-state index in [1.165, 1.54) is 0 Å². The van der Waals surface area contributed by atoms with Gasteiger partial charge in [0.2, 0.25) is 12.3 Å². The first kappa shape index (κ1) is 18.1. The highest BCUT2D eigenvalue weighted by Gasteiger charge is 2.30. The highest BCUT2D eigenvalue weighted by molar-refractivity contribution is 5.39.